The highest BCUT2D eigenvalue weighted by Gasteiger charge is 2.21. The number of allylic oxidation sites excluding steroid dienone is 6. The molecule has 196 valence electrons. The van der Waals surface area contributed by atoms with E-state index < -0.39 is 36.5 Å². The van der Waals surface area contributed by atoms with Crippen molar-refractivity contribution in [1.82, 2.24) is 0 Å². The Bertz CT molecular complexity index is 989. The molecule has 1 aromatic rings. The molecule has 7 heteroatoms. The van der Waals surface area contributed by atoms with Crippen molar-refractivity contribution < 1.29 is 35.1 Å². The number of carbonyl (C=O) groups excluding carboxylic acids is 1. The summed E-state index contributed by atoms with van der Waals surface area (Å²) in [7, 11) is 0. The van der Waals surface area contributed by atoms with E-state index in [0.29, 0.717) is 12.0 Å². The number of hydrogen-bond donors (Lipinski definition) is 5. The first-order valence-corrected chi connectivity index (χ1v) is 12.2. The minimum atomic E-state index is -0.912. The van der Waals surface area contributed by atoms with Gasteiger partial charge in [-0.2, -0.15) is 0 Å². The molecule has 0 aliphatic carbocycles. The third-order valence-electron chi connectivity index (χ3n) is 5.67. The van der Waals surface area contributed by atoms with E-state index in [4.69, 9.17) is 4.74 Å². The molecule has 0 aromatic heterocycles. The monoisotopic (exact) mass is 498 g/mol. The smallest absolute Gasteiger partial charge is 0.342 e. The van der Waals surface area contributed by atoms with Crippen LogP contribution in [0.1, 0.15) is 61.9 Å². The first-order chi connectivity index (χ1) is 17.2. The maximum atomic E-state index is 12.8. The molecule has 2 rings (SSSR count). The Morgan fingerprint density at radius 2 is 1.61 bits per heavy atom. The van der Waals surface area contributed by atoms with Gasteiger partial charge in [0.25, 0.3) is 0 Å². The Morgan fingerprint density at radius 3 is 2.39 bits per heavy atom. The van der Waals surface area contributed by atoms with Crippen molar-refractivity contribution in [2.45, 2.75) is 76.5 Å². The quantitative estimate of drug-likeness (QED) is 0.270. The van der Waals surface area contributed by atoms with Gasteiger partial charge in [-0.15, -0.1) is 0 Å². The Kier molecular flexibility index (Phi) is 12.4. The summed E-state index contributed by atoms with van der Waals surface area (Å²) in [6.07, 6.45) is 12.8. The molecule has 0 bridgehead atoms. The molecule has 1 aliphatic rings. The molecule has 36 heavy (non-hydrogen) atoms. The number of rotatable bonds is 0. The van der Waals surface area contributed by atoms with Gasteiger partial charge in [0, 0.05) is 12.8 Å². The first-order valence-electron chi connectivity index (χ1n) is 12.2. The largest absolute Gasteiger partial charge is 0.507 e. The van der Waals surface area contributed by atoms with E-state index in [1.807, 2.05) is 31.2 Å². The third kappa shape index (κ3) is 10.7. The van der Waals surface area contributed by atoms with Gasteiger partial charge < -0.3 is 30.3 Å². The fourth-order valence-corrected chi connectivity index (χ4v) is 3.94. The van der Waals surface area contributed by atoms with Gasteiger partial charge in [0.1, 0.15) is 17.4 Å². The van der Waals surface area contributed by atoms with E-state index in [1.54, 1.807) is 43.4 Å². The number of phenolic OH excluding ortho intramolecular Hbond substituents is 1. The number of benzene rings is 1. The van der Waals surface area contributed by atoms with Crippen LogP contribution in [0.2, 0.25) is 0 Å². The van der Waals surface area contributed by atoms with Gasteiger partial charge >= 0.3 is 5.97 Å². The van der Waals surface area contributed by atoms with Crippen LogP contribution < -0.4 is 0 Å². The predicted molar refractivity (Wildman–Crippen MR) is 140 cm³/mol. The van der Waals surface area contributed by atoms with Gasteiger partial charge in [0.2, 0.25) is 0 Å². The Balaban J connectivity index is 2.23. The second kappa shape index (κ2) is 15.2. The number of aliphatic hydroxyl groups is 4. The summed E-state index contributed by atoms with van der Waals surface area (Å²) in [4.78, 5) is 12.8. The highest BCUT2D eigenvalue weighted by molar-refractivity contribution is 5.96. The van der Waals surface area contributed by atoms with Crippen molar-refractivity contribution in [2.75, 3.05) is 0 Å². The number of aromatic hydroxyl groups is 1. The molecule has 0 radical (unpaired) electrons. The predicted octanol–water partition coefficient (Wildman–Crippen LogP) is 3.97. The number of aliphatic hydroxyl groups excluding tert-OH is 4. The van der Waals surface area contributed by atoms with E-state index in [1.165, 1.54) is 12.1 Å². The Hall–Kier alpha value is -2.97. The summed E-state index contributed by atoms with van der Waals surface area (Å²) in [5, 5.41) is 51.2. The van der Waals surface area contributed by atoms with E-state index in [0.717, 1.165) is 5.57 Å². The molecule has 5 N–H and O–H groups in total. The lowest BCUT2D eigenvalue weighted by Gasteiger charge is -2.20. The van der Waals surface area contributed by atoms with Gasteiger partial charge in [-0.05, 0) is 44.7 Å². The van der Waals surface area contributed by atoms with Gasteiger partial charge in [0.05, 0.1) is 24.4 Å². The lowest BCUT2D eigenvalue weighted by atomic mass is 10.0. The van der Waals surface area contributed by atoms with Crippen molar-refractivity contribution in [3.05, 3.63) is 83.5 Å². The first kappa shape index (κ1) is 29.3. The van der Waals surface area contributed by atoms with E-state index in [9.17, 15) is 30.3 Å². The number of fused-ring (bicyclic) bond motifs is 1. The zero-order valence-electron chi connectivity index (χ0n) is 20.9. The summed E-state index contributed by atoms with van der Waals surface area (Å²) < 4.78 is 5.45. The SMILES string of the molecule is C\C1=C/C=C/C=C/C=C/c2cccc(O)c2C(=O)O[C@H](C)C[C@H](O)C[C@@H](O)C/C=C/[C@@H](O)C[C@@H](O)C1. The molecule has 0 unspecified atom stereocenters. The molecule has 0 saturated carbocycles. The maximum Gasteiger partial charge on any atom is 0.342 e. The highest BCUT2D eigenvalue weighted by atomic mass is 16.5. The number of cyclic esters (lactones) is 1. The fraction of sp³-hybridized carbons (Fsp3) is 0.414. The van der Waals surface area contributed by atoms with Crippen molar-refractivity contribution >= 4 is 12.0 Å². The molecule has 0 amide bonds. The van der Waals surface area contributed by atoms with Crippen LogP contribution in [0.15, 0.2) is 72.4 Å². The van der Waals surface area contributed by atoms with E-state index in [-0.39, 0.29) is 37.0 Å². The van der Waals surface area contributed by atoms with Crippen LogP contribution in [0, 0.1) is 0 Å². The molecule has 1 aliphatic heterocycles. The topological polar surface area (TPSA) is 127 Å². The van der Waals surface area contributed by atoms with Gasteiger partial charge in [-0.3, -0.25) is 0 Å². The highest BCUT2D eigenvalue weighted by Crippen LogP contribution is 2.24. The van der Waals surface area contributed by atoms with Crippen LogP contribution in [0.4, 0.5) is 0 Å². The molecule has 1 heterocycles. The van der Waals surface area contributed by atoms with Gasteiger partial charge in [-0.1, -0.05) is 72.4 Å². The van der Waals surface area contributed by atoms with Crippen LogP contribution in [-0.4, -0.2) is 62.0 Å². The Labute approximate surface area is 213 Å². The molecule has 0 spiro atoms. The third-order valence-corrected chi connectivity index (χ3v) is 5.67. The van der Waals surface area contributed by atoms with Crippen molar-refractivity contribution in [3.63, 3.8) is 0 Å². The van der Waals surface area contributed by atoms with Gasteiger partial charge in [0.15, 0.2) is 0 Å². The number of ether oxygens (including phenoxy) is 1. The molecule has 1 aromatic carbocycles. The maximum absolute atomic E-state index is 12.8. The molecule has 7 nitrogen and oxygen atoms in total. The number of phenols is 1. The minimum absolute atomic E-state index is 0.0364. The zero-order valence-corrected chi connectivity index (χ0v) is 20.9. The van der Waals surface area contributed by atoms with E-state index in [2.05, 4.69) is 0 Å². The lowest BCUT2D eigenvalue weighted by Crippen LogP contribution is -2.25. The van der Waals surface area contributed by atoms with Crippen molar-refractivity contribution in [2.24, 2.45) is 0 Å². The number of hydrogen-bond acceptors (Lipinski definition) is 7. The van der Waals surface area contributed by atoms with Crippen LogP contribution in [0.5, 0.6) is 5.75 Å². The Morgan fingerprint density at radius 1 is 0.889 bits per heavy atom. The van der Waals surface area contributed by atoms with Crippen molar-refractivity contribution in [1.29, 1.82) is 0 Å². The standard InChI is InChI=1S/C29H38O7/c1-20-10-6-4-3-5-7-11-22-12-8-15-27(34)28(22)29(35)36-21(2)17-26(33)19-24(31)14-9-13-23(30)18-25(32)16-20/h3-13,15,21,23-26,30-34H,14,16-19H2,1-2H3/b5-3+,6-4+,11-7+,13-9+,20-10+/t21-,23-,24+,25+,26+/m1/s1. The van der Waals surface area contributed by atoms with Crippen LogP contribution in [-0.2, 0) is 4.74 Å². The average molecular weight is 499 g/mol. The second-order valence-corrected chi connectivity index (χ2v) is 9.20. The molecular weight excluding hydrogens is 460 g/mol. The van der Waals surface area contributed by atoms with Crippen LogP contribution >= 0.6 is 0 Å². The average Bonchev–Trinajstić information content (AvgIpc) is 2.77. The number of esters is 1. The minimum Gasteiger partial charge on any atom is -0.507 e. The van der Waals surface area contributed by atoms with Crippen LogP contribution in [0.3, 0.4) is 0 Å². The van der Waals surface area contributed by atoms with Gasteiger partial charge in [-0.25, -0.2) is 4.79 Å². The second-order valence-electron chi connectivity index (χ2n) is 9.20. The summed E-state index contributed by atoms with van der Waals surface area (Å²) in [6, 6.07) is 4.74. The van der Waals surface area contributed by atoms with E-state index >= 15 is 0 Å². The molecule has 0 fully saturated rings. The normalized spacial score (nSPS) is 32.6. The fourth-order valence-electron chi connectivity index (χ4n) is 3.94. The summed E-state index contributed by atoms with van der Waals surface area (Å²) in [5.41, 5.74) is 1.48. The summed E-state index contributed by atoms with van der Waals surface area (Å²) in [6.45, 7) is 3.54. The molecule has 0 saturated heterocycles. The zero-order chi connectivity index (χ0) is 26.5. The lowest BCUT2D eigenvalue weighted by molar-refractivity contribution is 0.0111. The van der Waals surface area contributed by atoms with Crippen molar-refractivity contribution in [3.8, 4) is 5.75 Å². The molecular formula is C29H38O7. The number of carbonyl (C=O) groups is 1. The molecule has 5 atom stereocenters. The summed E-state index contributed by atoms with van der Waals surface area (Å²) >= 11 is 0. The summed E-state index contributed by atoms with van der Waals surface area (Å²) in [5.74, 6) is -0.904. The van der Waals surface area contributed by atoms with Crippen LogP contribution in [0.25, 0.3) is 6.08 Å².